The topological polar surface area (TPSA) is 87.2 Å². The lowest BCUT2D eigenvalue weighted by Crippen LogP contribution is -2.42. The lowest BCUT2D eigenvalue weighted by Gasteiger charge is -2.35. The van der Waals surface area contributed by atoms with Crippen molar-refractivity contribution in [3.8, 4) is 6.07 Å². The second-order valence-corrected chi connectivity index (χ2v) is 7.68. The van der Waals surface area contributed by atoms with Crippen LogP contribution in [0, 0.1) is 17.2 Å². The Balaban J connectivity index is 2.35. The highest BCUT2D eigenvalue weighted by molar-refractivity contribution is 7.89. The molecule has 0 spiro atoms. The van der Waals surface area contributed by atoms with E-state index in [9.17, 15) is 8.42 Å². The van der Waals surface area contributed by atoms with E-state index >= 15 is 0 Å². The van der Waals surface area contributed by atoms with Crippen molar-refractivity contribution in [2.75, 3.05) is 12.8 Å². The van der Waals surface area contributed by atoms with Gasteiger partial charge in [-0.15, -0.1) is 0 Å². The molecule has 5 nitrogen and oxygen atoms in total. The van der Waals surface area contributed by atoms with Crippen molar-refractivity contribution in [3.63, 3.8) is 0 Å². The van der Waals surface area contributed by atoms with Crippen LogP contribution in [0.15, 0.2) is 23.1 Å². The third-order valence-corrected chi connectivity index (χ3v) is 6.29. The summed E-state index contributed by atoms with van der Waals surface area (Å²) in [6, 6.07) is 6.29. The Morgan fingerprint density at radius 2 is 2.00 bits per heavy atom. The molecule has 1 aromatic carbocycles. The summed E-state index contributed by atoms with van der Waals surface area (Å²) in [5.41, 5.74) is 6.32. The number of sulfonamides is 1. The molecule has 0 aromatic heterocycles. The first kappa shape index (κ1) is 15.8. The lowest BCUT2D eigenvalue weighted by atomic mass is 9.86. The predicted molar refractivity (Wildman–Crippen MR) is 81.9 cm³/mol. The highest BCUT2D eigenvalue weighted by Crippen LogP contribution is 2.32. The summed E-state index contributed by atoms with van der Waals surface area (Å²) in [5.74, 6) is 0.345. The molecule has 2 rings (SSSR count). The van der Waals surface area contributed by atoms with Gasteiger partial charge in [-0.3, -0.25) is 0 Å². The van der Waals surface area contributed by atoms with Crippen LogP contribution in [0.2, 0.25) is 0 Å². The lowest BCUT2D eigenvalue weighted by molar-refractivity contribution is 0.213. The van der Waals surface area contributed by atoms with Gasteiger partial charge in [-0.05, 0) is 37.0 Å². The second-order valence-electron chi connectivity index (χ2n) is 5.71. The van der Waals surface area contributed by atoms with Crippen LogP contribution in [-0.4, -0.2) is 25.8 Å². The van der Waals surface area contributed by atoms with Crippen molar-refractivity contribution < 1.29 is 8.42 Å². The minimum Gasteiger partial charge on any atom is -0.398 e. The molecule has 1 saturated carbocycles. The number of hydrogen-bond acceptors (Lipinski definition) is 4. The average molecular weight is 307 g/mol. The Kier molecular flexibility index (Phi) is 4.55. The second kappa shape index (κ2) is 6.04. The minimum absolute atomic E-state index is 0.0128. The van der Waals surface area contributed by atoms with Gasteiger partial charge in [0.1, 0.15) is 4.90 Å². The molecule has 0 saturated heterocycles. The zero-order valence-corrected chi connectivity index (χ0v) is 13.2. The van der Waals surface area contributed by atoms with Crippen LogP contribution in [0.1, 0.15) is 38.2 Å². The van der Waals surface area contributed by atoms with Gasteiger partial charge in [-0.25, -0.2) is 8.42 Å². The van der Waals surface area contributed by atoms with E-state index < -0.39 is 10.0 Å². The fourth-order valence-corrected chi connectivity index (χ4v) is 4.60. The molecule has 0 amide bonds. The summed E-state index contributed by atoms with van der Waals surface area (Å²) >= 11 is 0. The molecule has 1 fully saturated rings. The number of nitriles is 1. The average Bonchev–Trinajstić information content (AvgIpc) is 2.46. The molecule has 6 heteroatoms. The molecule has 0 radical (unpaired) electrons. The van der Waals surface area contributed by atoms with E-state index in [1.165, 1.54) is 22.5 Å². The van der Waals surface area contributed by atoms with E-state index in [2.05, 4.69) is 6.92 Å². The quantitative estimate of drug-likeness (QED) is 0.868. The van der Waals surface area contributed by atoms with Crippen LogP contribution >= 0.6 is 0 Å². The molecule has 0 bridgehead atoms. The molecular weight excluding hydrogens is 286 g/mol. The fraction of sp³-hybridized carbons (Fsp3) is 0.533. The van der Waals surface area contributed by atoms with E-state index in [1.54, 1.807) is 7.05 Å². The standard InChI is InChI=1S/C15H21N3O2S/c1-11-5-3-4-6-14(11)18(2)21(19,20)15-8-7-12(10-16)9-13(15)17/h7-9,11,14H,3-6,17H2,1-2H3. The fourth-order valence-electron chi connectivity index (χ4n) is 3.02. The van der Waals surface area contributed by atoms with Crippen LogP contribution in [0.4, 0.5) is 5.69 Å². The molecular formula is C15H21N3O2S. The van der Waals surface area contributed by atoms with Crippen molar-refractivity contribution in [2.24, 2.45) is 5.92 Å². The van der Waals surface area contributed by atoms with Gasteiger partial charge in [-0.2, -0.15) is 9.57 Å². The summed E-state index contributed by atoms with van der Waals surface area (Å²) in [5, 5.41) is 8.84. The Morgan fingerprint density at radius 1 is 1.33 bits per heavy atom. The normalized spacial score (nSPS) is 23.0. The maximum Gasteiger partial charge on any atom is 0.245 e. The largest absolute Gasteiger partial charge is 0.398 e. The van der Waals surface area contributed by atoms with E-state index in [0.717, 1.165) is 25.7 Å². The van der Waals surface area contributed by atoms with Crippen molar-refractivity contribution in [1.29, 1.82) is 5.26 Å². The SMILES string of the molecule is CC1CCCCC1N(C)S(=O)(=O)c1ccc(C#N)cc1N. The van der Waals surface area contributed by atoms with Crippen LogP contribution in [0.3, 0.4) is 0 Å². The van der Waals surface area contributed by atoms with E-state index in [4.69, 9.17) is 11.0 Å². The molecule has 114 valence electrons. The molecule has 2 atom stereocenters. The third kappa shape index (κ3) is 3.04. The molecule has 0 aliphatic heterocycles. The zero-order valence-electron chi connectivity index (χ0n) is 12.4. The summed E-state index contributed by atoms with van der Waals surface area (Å²) in [6.07, 6.45) is 4.14. The number of nitrogens with zero attached hydrogens (tertiary/aromatic N) is 2. The summed E-state index contributed by atoms with van der Waals surface area (Å²) in [4.78, 5) is 0.0850. The van der Waals surface area contributed by atoms with Crippen molar-refractivity contribution in [3.05, 3.63) is 23.8 Å². The number of hydrogen-bond donors (Lipinski definition) is 1. The number of rotatable bonds is 3. The maximum atomic E-state index is 12.8. The third-order valence-electron chi connectivity index (χ3n) is 4.33. The van der Waals surface area contributed by atoms with Gasteiger partial charge in [0.15, 0.2) is 0 Å². The first-order valence-electron chi connectivity index (χ1n) is 7.15. The van der Waals surface area contributed by atoms with Gasteiger partial charge in [0, 0.05) is 13.1 Å². The van der Waals surface area contributed by atoms with Crippen molar-refractivity contribution in [2.45, 2.75) is 43.5 Å². The number of nitrogen functional groups attached to an aromatic ring is 1. The Bertz CT molecular complexity index is 664. The van der Waals surface area contributed by atoms with E-state index in [1.807, 2.05) is 6.07 Å². The molecule has 1 aliphatic rings. The van der Waals surface area contributed by atoms with E-state index in [0.29, 0.717) is 11.5 Å². The Labute approximate surface area is 126 Å². The van der Waals surface area contributed by atoms with Crippen LogP contribution in [0.25, 0.3) is 0 Å². The zero-order chi connectivity index (χ0) is 15.6. The van der Waals surface area contributed by atoms with Crippen LogP contribution in [0.5, 0.6) is 0 Å². The smallest absolute Gasteiger partial charge is 0.245 e. The van der Waals surface area contributed by atoms with E-state index in [-0.39, 0.29) is 16.6 Å². The van der Waals surface area contributed by atoms with Crippen LogP contribution < -0.4 is 5.73 Å². The highest BCUT2D eigenvalue weighted by atomic mass is 32.2. The Hall–Kier alpha value is -1.58. The van der Waals surface area contributed by atoms with Gasteiger partial charge < -0.3 is 5.73 Å². The molecule has 21 heavy (non-hydrogen) atoms. The highest BCUT2D eigenvalue weighted by Gasteiger charge is 2.33. The molecule has 0 heterocycles. The monoisotopic (exact) mass is 307 g/mol. The predicted octanol–water partition coefficient (Wildman–Crippen LogP) is 2.34. The summed E-state index contributed by atoms with van der Waals surface area (Å²) < 4.78 is 27.0. The molecule has 2 N–H and O–H groups in total. The molecule has 2 unspecified atom stereocenters. The maximum absolute atomic E-state index is 12.8. The van der Waals surface area contributed by atoms with Gasteiger partial charge in [0.2, 0.25) is 10.0 Å². The number of anilines is 1. The van der Waals surface area contributed by atoms with Gasteiger partial charge in [0.25, 0.3) is 0 Å². The van der Waals surface area contributed by atoms with Gasteiger partial charge in [-0.1, -0.05) is 19.8 Å². The minimum atomic E-state index is -3.63. The first-order valence-corrected chi connectivity index (χ1v) is 8.59. The van der Waals surface area contributed by atoms with Crippen LogP contribution in [-0.2, 0) is 10.0 Å². The number of benzene rings is 1. The Morgan fingerprint density at radius 3 is 2.57 bits per heavy atom. The van der Waals surface area contributed by atoms with Gasteiger partial charge in [0.05, 0.1) is 17.3 Å². The van der Waals surface area contributed by atoms with Gasteiger partial charge >= 0.3 is 0 Å². The molecule has 1 aliphatic carbocycles. The number of nitrogens with two attached hydrogens (primary N) is 1. The summed E-state index contributed by atoms with van der Waals surface area (Å²) in [7, 11) is -2.00. The van der Waals surface area contributed by atoms with Crippen molar-refractivity contribution >= 4 is 15.7 Å². The van der Waals surface area contributed by atoms with Crippen molar-refractivity contribution in [1.82, 2.24) is 4.31 Å². The molecule has 1 aromatic rings. The first-order chi connectivity index (χ1) is 9.87. The summed E-state index contributed by atoms with van der Waals surface area (Å²) in [6.45, 7) is 2.10.